The minimum Gasteiger partial charge on any atom is -0.258 e. The summed E-state index contributed by atoms with van der Waals surface area (Å²) in [7, 11) is 0. The SMILES string of the molecule is CCCC1=CC=CC1=C=N. The zero-order valence-corrected chi connectivity index (χ0v) is 6.15. The van der Waals surface area contributed by atoms with Crippen LogP contribution in [0.2, 0.25) is 0 Å². The van der Waals surface area contributed by atoms with Gasteiger partial charge in [-0.1, -0.05) is 25.5 Å². The highest BCUT2D eigenvalue weighted by Gasteiger charge is 2.03. The second-order valence-corrected chi connectivity index (χ2v) is 2.34. The van der Waals surface area contributed by atoms with Gasteiger partial charge in [0.05, 0.1) is 0 Å². The van der Waals surface area contributed by atoms with E-state index in [1.165, 1.54) is 5.57 Å². The highest BCUT2D eigenvalue weighted by molar-refractivity contribution is 5.69. The minimum atomic E-state index is 0.946. The van der Waals surface area contributed by atoms with Crippen molar-refractivity contribution in [3.05, 3.63) is 29.4 Å². The average molecular weight is 133 g/mol. The molecule has 0 atom stereocenters. The maximum atomic E-state index is 6.93. The molecule has 0 heterocycles. The summed E-state index contributed by atoms with van der Waals surface area (Å²) in [5.41, 5.74) is 2.19. The number of nitrogens with one attached hydrogen (secondary N) is 1. The van der Waals surface area contributed by atoms with E-state index >= 15 is 0 Å². The molecule has 0 aliphatic heterocycles. The van der Waals surface area contributed by atoms with Crippen molar-refractivity contribution >= 4 is 5.87 Å². The number of rotatable bonds is 2. The standard InChI is InChI=1S/C9H11N/c1-2-4-8-5-3-6-9(8)7-10/h3,5-6,10H,2,4H2,1H3. The number of allylic oxidation sites excluding steroid dienone is 5. The van der Waals surface area contributed by atoms with Gasteiger partial charge in [-0.2, -0.15) is 0 Å². The van der Waals surface area contributed by atoms with Crippen LogP contribution in [0.1, 0.15) is 19.8 Å². The zero-order chi connectivity index (χ0) is 7.40. The minimum absolute atomic E-state index is 0.946. The summed E-state index contributed by atoms with van der Waals surface area (Å²) in [6.45, 7) is 2.14. The summed E-state index contributed by atoms with van der Waals surface area (Å²) < 4.78 is 0. The summed E-state index contributed by atoms with van der Waals surface area (Å²) in [6, 6.07) is 0. The molecule has 1 nitrogen and oxygen atoms in total. The maximum Gasteiger partial charge on any atom is 0.0385 e. The van der Waals surface area contributed by atoms with Crippen molar-refractivity contribution in [3.8, 4) is 0 Å². The zero-order valence-electron chi connectivity index (χ0n) is 6.15. The van der Waals surface area contributed by atoms with E-state index in [1.807, 2.05) is 12.2 Å². The van der Waals surface area contributed by atoms with Crippen molar-refractivity contribution in [3.63, 3.8) is 0 Å². The van der Waals surface area contributed by atoms with E-state index < -0.39 is 0 Å². The van der Waals surface area contributed by atoms with E-state index in [0.717, 1.165) is 18.4 Å². The van der Waals surface area contributed by atoms with E-state index in [1.54, 1.807) is 0 Å². The van der Waals surface area contributed by atoms with Crippen molar-refractivity contribution < 1.29 is 0 Å². The monoisotopic (exact) mass is 133 g/mol. The normalized spacial score (nSPS) is 15.3. The molecule has 1 heteroatoms. The van der Waals surface area contributed by atoms with Crippen molar-refractivity contribution in [1.29, 1.82) is 5.41 Å². The van der Waals surface area contributed by atoms with Crippen molar-refractivity contribution in [2.24, 2.45) is 0 Å². The van der Waals surface area contributed by atoms with Crippen LogP contribution in [0.4, 0.5) is 0 Å². The molecule has 1 aliphatic carbocycles. The molecule has 0 aromatic heterocycles. The number of hydrogen-bond acceptors (Lipinski definition) is 1. The predicted molar refractivity (Wildman–Crippen MR) is 43.4 cm³/mol. The molecule has 1 N–H and O–H groups in total. The summed E-state index contributed by atoms with van der Waals surface area (Å²) >= 11 is 0. The topological polar surface area (TPSA) is 23.9 Å². The van der Waals surface area contributed by atoms with Crippen LogP contribution in [0.15, 0.2) is 29.4 Å². The van der Waals surface area contributed by atoms with Gasteiger partial charge in [-0.25, -0.2) is 0 Å². The molecular formula is C9H11N. The van der Waals surface area contributed by atoms with Gasteiger partial charge in [0, 0.05) is 5.57 Å². The third-order valence-corrected chi connectivity index (χ3v) is 1.56. The van der Waals surface area contributed by atoms with Crippen LogP contribution in [0.3, 0.4) is 0 Å². The Hall–Kier alpha value is -1.07. The summed E-state index contributed by atoms with van der Waals surface area (Å²) in [5.74, 6) is 2.41. The van der Waals surface area contributed by atoms with Gasteiger partial charge in [-0.3, -0.25) is 5.41 Å². The largest absolute Gasteiger partial charge is 0.258 e. The fraction of sp³-hybridized carbons (Fsp3) is 0.333. The Kier molecular flexibility index (Phi) is 2.24. The van der Waals surface area contributed by atoms with E-state index in [9.17, 15) is 0 Å². The Morgan fingerprint density at radius 3 is 3.00 bits per heavy atom. The predicted octanol–water partition coefficient (Wildman–Crippen LogP) is 2.46. The molecule has 0 amide bonds. The summed E-state index contributed by atoms with van der Waals surface area (Å²) in [6.07, 6.45) is 8.16. The van der Waals surface area contributed by atoms with Gasteiger partial charge < -0.3 is 0 Å². The molecule has 0 bridgehead atoms. The first kappa shape index (κ1) is 7.04. The third-order valence-electron chi connectivity index (χ3n) is 1.56. The smallest absolute Gasteiger partial charge is 0.0385 e. The Labute approximate surface area is 61.3 Å². The molecule has 0 saturated carbocycles. The number of hydrogen-bond donors (Lipinski definition) is 1. The van der Waals surface area contributed by atoms with E-state index in [2.05, 4.69) is 18.9 Å². The van der Waals surface area contributed by atoms with Crippen LogP contribution in [0, 0.1) is 5.41 Å². The Morgan fingerprint density at radius 2 is 2.40 bits per heavy atom. The van der Waals surface area contributed by atoms with Crippen molar-refractivity contribution in [2.75, 3.05) is 0 Å². The van der Waals surface area contributed by atoms with Gasteiger partial charge in [0.25, 0.3) is 0 Å². The van der Waals surface area contributed by atoms with Gasteiger partial charge in [0.15, 0.2) is 0 Å². The molecule has 0 aromatic rings. The fourth-order valence-electron chi connectivity index (χ4n) is 1.07. The molecule has 0 fully saturated rings. The van der Waals surface area contributed by atoms with Crippen LogP contribution < -0.4 is 0 Å². The first-order valence-corrected chi connectivity index (χ1v) is 3.55. The van der Waals surface area contributed by atoms with Crippen molar-refractivity contribution in [2.45, 2.75) is 19.8 Å². The lowest BCUT2D eigenvalue weighted by atomic mass is 10.1. The van der Waals surface area contributed by atoms with Gasteiger partial charge >= 0.3 is 0 Å². The van der Waals surface area contributed by atoms with Gasteiger partial charge in [0.2, 0.25) is 0 Å². The van der Waals surface area contributed by atoms with Crippen LogP contribution in [-0.4, -0.2) is 5.87 Å². The molecule has 1 aliphatic rings. The maximum absolute atomic E-state index is 6.93. The highest BCUT2D eigenvalue weighted by atomic mass is 14.3. The van der Waals surface area contributed by atoms with Crippen LogP contribution >= 0.6 is 0 Å². The third kappa shape index (κ3) is 1.26. The Balaban J connectivity index is 2.72. The summed E-state index contributed by atoms with van der Waals surface area (Å²) in [5, 5.41) is 6.93. The summed E-state index contributed by atoms with van der Waals surface area (Å²) in [4.78, 5) is 0. The van der Waals surface area contributed by atoms with E-state index in [-0.39, 0.29) is 0 Å². The van der Waals surface area contributed by atoms with E-state index in [4.69, 9.17) is 5.41 Å². The Bertz CT molecular complexity index is 227. The Morgan fingerprint density at radius 1 is 1.60 bits per heavy atom. The fourth-order valence-corrected chi connectivity index (χ4v) is 1.07. The first-order chi connectivity index (χ1) is 4.88. The molecule has 0 aromatic carbocycles. The molecular weight excluding hydrogens is 122 g/mol. The second kappa shape index (κ2) is 3.19. The molecule has 10 heavy (non-hydrogen) atoms. The molecule has 1 rings (SSSR count). The molecule has 0 spiro atoms. The van der Waals surface area contributed by atoms with Gasteiger partial charge in [0.1, 0.15) is 0 Å². The molecule has 52 valence electrons. The van der Waals surface area contributed by atoms with E-state index in [0.29, 0.717) is 0 Å². The quantitative estimate of drug-likeness (QED) is 0.559. The molecule has 0 unspecified atom stereocenters. The van der Waals surface area contributed by atoms with Crippen LogP contribution in [0.25, 0.3) is 0 Å². The van der Waals surface area contributed by atoms with Crippen molar-refractivity contribution in [1.82, 2.24) is 0 Å². The second-order valence-electron chi connectivity index (χ2n) is 2.34. The van der Waals surface area contributed by atoms with Crippen LogP contribution in [0.5, 0.6) is 0 Å². The van der Waals surface area contributed by atoms with Gasteiger partial charge in [-0.05, 0) is 23.9 Å². The van der Waals surface area contributed by atoms with Gasteiger partial charge in [-0.15, -0.1) is 0 Å². The first-order valence-electron chi connectivity index (χ1n) is 3.55. The lowest BCUT2D eigenvalue weighted by Crippen LogP contribution is -1.82. The molecule has 0 saturated heterocycles. The average Bonchev–Trinajstić information content (AvgIpc) is 2.36. The molecule has 0 radical (unpaired) electrons. The van der Waals surface area contributed by atoms with Crippen LogP contribution in [-0.2, 0) is 0 Å². The lowest BCUT2D eigenvalue weighted by Gasteiger charge is -1.96. The highest BCUT2D eigenvalue weighted by Crippen LogP contribution is 2.19. The lowest BCUT2D eigenvalue weighted by molar-refractivity contribution is 0.923.